The average Bonchev–Trinajstić information content (AvgIpc) is 3.19. The molecule has 0 aliphatic carbocycles. The third-order valence-electron chi connectivity index (χ3n) is 2.86. The van der Waals surface area contributed by atoms with Crippen molar-refractivity contribution in [3.05, 3.63) is 46.9 Å². The molecular formula is C14H8N4O3S2. The summed E-state index contributed by atoms with van der Waals surface area (Å²) in [5, 5.41) is 12.1. The Morgan fingerprint density at radius 3 is 2.26 bits per heavy atom. The lowest BCUT2D eigenvalue weighted by molar-refractivity contribution is 0.0699. The first-order valence-corrected chi connectivity index (χ1v) is 7.99. The Labute approximate surface area is 137 Å². The van der Waals surface area contributed by atoms with E-state index in [-0.39, 0.29) is 5.56 Å². The normalized spacial score (nSPS) is 10.3. The van der Waals surface area contributed by atoms with Crippen molar-refractivity contribution in [3.8, 4) is 0 Å². The first-order valence-electron chi connectivity index (χ1n) is 6.23. The molecular weight excluding hydrogens is 336 g/mol. The summed E-state index contributed by atoms with van der Waals surface area (Å²) in [6.07, 6.45) is 6.93. The van der Waals surface area contributed by atoms with E-state index in [0.29, 0.717) is 11.1 Å². The third kappa shape index (κ3) is 3.05. The second kappa shape index (κ2) is 6.55. The molecule has 0 aliphatic rings. The second-order valence-electron chi connectivity index (χ2n) is 4.23. The molecule has 7 nitrogen and oxygen atoms in total. The molecule has 0 unspecified atom stereocenters. The Balaban J connectivity index is 0.000000136. The van der Waals surface area contributed by atoms with Crippen molar-refractivity contribution in [2.45, 2.75) is 0 Å². The maximum atomic E-state index is 10.6. The van der Waals surface area contributed by atoms with Crippen LogP contribution in [-0.2, 0) is 0 Å². The fourth-order valence-electron chi connectivity index (χ4n) is 1.82. The summed E-state index contributed by atoms with van der Waals surface area (Å²) >= 11 is 2.82. The SMILES string of the molecule is O=C(O)c1csc2cncnc12.O=Cc1csc2cncnc12. The summed E-state index contributed by atoms with van der Waals surface area (Å²) in [5.74, 6) is -0.944. The summed E-state index contributed by atoms with van der Waals surface area (Å²) < 4.78 is 1.75. The van der Waals surface area contributed by atoms with Crippen molar-refractivity contribution < 1.29 is 14.7 Å². The largest absolute Gasteiger partial charge is 0.478 e. The number of carboxylic acid groups (broad SMARTS) is 1. The van der Waals surface area contributed by atoms with Crippen molar-refractivity contribution in [2.75, 3.05) is 0 Å². The van der Waals surface area contributed by atoms with Crippen LogP contribution in [0.2, 0.25) is 0 Å². The number of aromatic carboxylic acids is 1. The Bertz CT molecular complexity index is 996. The van der Waals surface area contributed by atoms with Crippen molar-refractivity contribution in [3.63, 3.8) is 0 Å². The standard InChI is InChI=1S/C7H4N2O2S.C7H4N2OS/c10-7(11)4-2-12-5-1-8-3-9-6(4)5;10-2-5-3-11-6-1-8-4-9-7(5)6/h1-3H,(H,10,11);1-4H. The van der Waals surface area contributed by atoms with Crippen molar-refractivity contribution in [2.24, 2.45) is 0 Å². The van der Waals surface area contributed by atoms with Crippen LogP contribution in [0.4, 0.5) is 0 Å². The highest BCUT2D eigenvalue weighted by atomic mass is 32.1. The van der Waals surface area contributed by atoms with E-state index >= 15 is 0 Å². The van der Waals surface area contributed by atoms with Gasteiger partial charge < -0.3 is 5.11 Å². The lowest BCUT2D eigenvalue weighted by atomic mass is 10.3. The first kappa shape index (κ1) is 15.1. The number of carbonyl (C=O) groups excluding carboxylic acids is 1. The summed E-state index contributed by atoms with van der Waals surface area (Å²) in [6.45, 7) is 0. The number of aldehydes is 1. The minimum Gasteiger partial charge on any atom is -0.478 e. The highest BCUT2D eigenvalue weighted by Crippen LogP contribution is 2.22. The molecule has 0 saturated heterocycles. The average molecular weight is 344 g/mol. The predicted octanol–water partition coefficient (Wildman–Crippen LogP) is 2.89. The van der Waals surface area contributed by atoms with Gasteiger partial charge in [-0.1, -0.05) is 0 Å². The van der Waals surface area contributed by atoms with Gasteiger partial charge in [0.2, 0.25) is 0 Å². The molecule has 0 amide bonds. The molecule has 4 rings (SSSR count). The van der Waals surface area contributed by atoms with E-state index in [0.717, 1.165) is 21.2 Å². The van der Waals surface area contributed by atoms with Crippen LogP contribution in [0.5, 0.6) is 0 Å². The molecule has 114 valence electrons. The van der Waals surface area contributed by atoms with E-state index in [4.69, 9.17) is 5.11 Å². The minimum atomic E-state index is -0.944. The summed E-state index contributed by atoms with van der Waals surface area (Å²) in [7, 11) is 0. The fourth-order valence-corrected chi connectivity index (χ4v) is 3.50. The zero-order chi connectivity index (χ0) is 16.2. The molecule has 0 bridgehead atoms. The molecule has 0 atom stereocenters. The van der Waals surface area contributed by atoms with Crippen molar-refractivity contribution in [1.82, 2.24) is 19.9 Å². The Kier molecular flexibility index (Phi) is 4.31. The van der Waals surface area contributed by atoms with Crippen LogP contribution >= 0.6 is 22.7 Å². The van der Waals surface area contributed by atoms with E-state index < -0.39 is 5.97 Å². The number of thiophene rings is 2. The molecule has 0 aliphatic heterocycles. The molecule has 0 fully saturated rings. The van der Waals surface area contributed by atoms with E-state index in [2.05, 4.69) is 19.9 Å². The third-order valence-corrected chi connectivity index (χ3v) is 4.69. The number of nitrogens with zero attached hydrogens (tertiary/aromatic N) is 4. The molecule has 0 spiro atoms. The summed E-state index contributed by atoms with van der Waals surface area (Å²) in [4.78, 5) is 36.5. The van der Waals surface area contributed by atoms with E-state index in [1.807, 2.05) is 0 Å². The lowest BCUT2D eigenvalue weighted by Crippen LogP contribution is -1.94. The maximum absolute atomic E-state index is 10.6. The van der Waals surface area contributed by atoms with Crippen molar-refractivity contribution in [1.29, 1.82) is 0 Å². The quantitative estimate of drug-likeness (QED) is 0.557. The molecule has 9 heteroatoms. The smallest absolute Gasteiger partial charge is 0.338 e. The van der Waals surface area contributed by atoms with Crippen LogP contribution in [0.3, 0.4) is 0 Å². The summed E-state index contributed by atoms with van der Waals surface area (Å²) in [6, 6.07) is 0. The molecule has 0 aromatic carbocycles. The van der Waals surface area contributed by atoms with Gasteiger partial charge in [0.25, 0.3) is 0 Å². The Hall–Kier alpha value is -2.78. The van der Waals surface area contributed by atoms with Gasteiger partial charge in [-0.2, -0.15) is 0 Å². The lowest BCUT2D eigenvalue weighted by Gasteiger charge is -1.88. The van der Waals surface area contributed by atoms with E-state index in [1.165, 1.54) is 35.3 Å². The highest BCUT2D eigenvalue weighted by Gasteiger charge is 2.10. The van der Waals surface area contributed by atoms with Crippen LogP contribution in [0.1, 0.15) is 20.7 Å². The number of fused-ring (bicyclic) bond motifs is 2. The van der Waals surface area contributed by atoms with E-state index in [1.54, 1.807) is 23.2 Å². The number of carbonyl (C=O) groups is 2. The molecule has 4 heterocycles. The monoisotopic (exact) mass is 344 g/mol. The topological polar surface area (TPSA) is 106 Å². The van der Waals surface area contributed by atoms with Gasteiger partial charge in [0.1, 0.15) is 12.7 Å². The predicted molar refractivity (Wildman–Crippen MR) is 87.2 cm³/mol. The molecule has 4 aromatic heterocycles. The van der Waals surface area contributed by atoms with Crippen LogP contribution in [0.25, 0.3) is 20.4 Å². The minimum absolute atomic E-state index is 0.248. The van der Waals surface area contributed by atoms with Crippen LogP contribution in [-0.4, -0.2) is 37.3 Å². The molecule has 0 saturated carbocycles. The fraction of sp³-hybridized carbons (Fsp3) is 0. The van der Waals surface area contributed by atoms with Gasteiger partial charge >= 0.3 is 5.97 Å². The maximum Gasteiger partial charge on any atom is 0.338 e. The van der Waals surface area contributed by atoms with Gasteiger partial charge in [0.05, 0.1) is 31.6 Å². The molecule has 23 heavy (non-hydrogen) atoms. The zero-order valence-electron chi connectivity index (χ0n) is 11.4. The van der Waals surface area contributed by atoms with Crippen LogP contribution < -0.4 is 0 Å². The van der Waals surface area contributed by atoms with Gasteiger partial charge in [-0.3, -0.25) is 4.79 Å². The zero-order valence-corrected chi connectivity index (χ0v) is 13.0. The number of carboxylic acids is 1. The van der Waals surface area contributed by atoms with Crippen LogP contribution in [0, 0.1) is 0 Å². The van der Waals surface area contributed by atoms with Gasteiger partial charge in [-0.25, -0.2) is 24.7 Å². The van der Waals surface area contributed by atoms with Gasteiger partial charge in [0, 0.05) is 23.2 Å². The molecule has 0 radical (unpaired) electrons. The highest BCUT2D eigenvalue weighted by molar-refractivity contribution is 7.17. The molecule has 4 aromatic rings. The number of hydrogen-bond acceptors (Lipinski definition) is 8. The van der Waals surface area contributed by atoms with Crippen molar-refractivity contribution >= 4 is 55.4 Å². The molecule has 1 N–H and O–H groups in total. The Morgan fingerprint density at radius 2 is 1.61 bits per heavy atom. The van der Waals surface area contributed by atoms with Gasteiger partial charge in [-0.05, 0) is 0 Å². The number of aromatic nitrogens is 4. The van der Waals surface area contributed by atoms with E-state index in [9.17, 15) is 9.59 Å². The number of rotatable bonds is 2. The Morgan fingerprint density at radius 1 is 1.00 bits per heavy atom. The second-order valence-corrected chi connectivity index (χ2v) is 6.06. The number of hydrogen-bond donors (Lipinski definition) is 1. The van der Waals surface area contributed by atoms with Gasteiger partial charge in [-0.15, -0.1) is 22.7 Å². The summed E-state index contributed by atoms with van der Waals surface area (Å²) in [5.41, 5.74) is 2.16. The first-order chi connectivity index (χ1) is 11.2. The van der Waals surface area contributed by atoms with Gasteiger partial charge in [0.15, 0.2) is 6.29 Å². The van der Waals surface area contributed by atoms with Crippen LogP contribution in [0.15, 0.2) is 35.8 Å².